The number of hydrogen-bond acceptors (Lipinski definition) is 6. The second kappa shape index (κ2) is 7.79. The van der Waals surface area contributed by atoms with Gasteiger partial charge in [-0.1, -0.05) is 0 Å². The van der Waals surface area contributed by atoms with E-state index in [4.69, 9.17) is 9.72 Å². The number of aliphatic hydroxyl groups excluding tert-OH is 1. The van der Waals surface area contributed by atoms with E-state index < -0.39 is 24.8 Å². The Kier molecular flexibility index (Phi) is 5.26. The Morgan fingerprint density at radius 3 is 2.70 bits per heavy atom. The Hall–Kier alpha value is -2.49. The molecule has 1 aromatic carbocycles. The second-order valence-corrected chi connectivity index (χ2v) is 20.7. The van der Waals surface area contributed by atoms with Crippen LogP contribution >= 0.6 is 0 Å². The van der Waals surface area contributed by atoms with E-state index in [0.29, 0.717) is 23.4 Å². The number of hydrogen-bond donors (Lipinski definition) is 2. The Labute approximate surface area is 194 Å². The van der Waals surface area contributed by atoms with Crippen LogP contribution in [-0.2, 0) is 34.7 Å². The molecule has 0 saturated carbocycles. The summed E-state index contributed by atoms with van der Waals surface area (Å²) in [7, 11) is 0. The van der Waals surface area contributed by atoms with Gasteiger partial charge in [-0.05, 0) is 0 Å². The number of benzene rings is 1. The predicted octanol–water partition coefficient (Wildman–Crippen LogP) is 2.86. The maximum atomic E-state index is 13.5. The van der Waals surface area contributed by atoms with Gasteiger partial charge in [0, 0.05) is 0 Å². The van der Waals surface area contributed by atoms with Crippen molar-refractivity contribution in [2.24, 2.45) is 0 Å². The molecule has 172 valence electrons. The first-order valence-electron chi connectivity index (χ1n) is 11.4. The number of carbonyl (C=O) groups excluding carboxylic acids is 1. The van der Waals surface area contributed by atoms with Gasteiger partial charge in [0.15, 0.2) is 0 Å². The summed E-state index contributed by atoms with van der Waals surface area (Å²) < 4.78 is 6.86. The summed E-state index contributed by atoms with van der Waals surface area (Å²) in [5.74, 6) is 3.73. The molecule has 0 spiro atoms. The van der Waals surface area contributed by atoms with E-state index in [1.807, 2.05) is 18.2 Å². The van der Waals surface area contributed by atoms with Crippen molar-refractivity contribution in [2.75, 3.05) is 5.44 Å². The molecule has 0 aliphatic carbocycles. The Balaban J connectivity index is 1.74. The van der Waals surface area contributed by atoms with Crippen LogP contribution in [0.5, 0.6) is 0 Å². The molecule has 2 N–H and O–H groups in total. The first-order valence-corrected chi connectivity index (χ1v) is 18.5. The minimum atomic E-state index is -2.27. The number of carbonyl (C=O) groups is 1. The molecule has 0 bridgehead atoms. The number of nitrogens with zero attached hydrogens (tertiary/aromatic N) is 2. The van der Waals surface area contributed by atoms with Crippen molar-refractivity contribution in [1.29, 1.82) is 0 Å². The SMILES string of the molecule is CC[C@@]1(O)C(=O)OCc2c1cc1n(c2=O)Cc2c-1nc1ccccc1c2C[CH2][Ge]([CH3])([CH3])[CH2]O. The number of esters is 1. The number of pyridine rings is 2. The van der Waals surface area contributed by atoms with Gasteiger partial charge in [-0.2, -0.15) is 0 Å². The van der Waals surface area contributed by atoms with Crippen molar-refractivity contribution >= 4 is 30.1 Å². The van der Waals surface area contributed by atoms with Crippen molar-refractivity contribution in [3.05, 3.63) is 62.9 Å². The van der Waals surface area contributed by atoms with Crippen molar-refractivity contribution in [1.82, 2.24) is 9.55 Å². The second-order valence-electron chi connectivity index (χ2n) is 9.86. The molecule has 2 aliphatic heterocycles. The predicted molar refractivity (Wildman–Crippen MR) is 128 cm³/mol. The van der Waals surface area contributed by atoms with Gasteiger partial charge in [0.25, 0.3) is 0 Å². The fourth-order valence-corrected chi connectivity index (χ4v) is 7.22. The first-order chi connectivity index (χ1) is 15.7. The fourth-order valence-electron chi connectivity index (χ4n) is 4.94. The number of rotatable bonds is 5. The molecule has 0 radical (unpaired) electrons. The van der Waals surface area contributed by atoms with E-state index in [0.717, 1.165) is 33.8 Å². The summed E-state index contributed by atoms with van der Waals surface area (Å²) in [6.45, 7) is 1.97. The van der Waals surface area contributed by atoms with Crippen molar-refractivity contribution in [3.63, 3.8) is 0 Å². The third-order valence-corrected chi connectivity index (χ3v) is 12.4. The molecule has 3 aromatic rings. The molecule has 0 saturated heterocycles. The molecule has 0 amide bonds. The van der Waals surface area contributed by atoms with Gasteiger partial charge in [-0.3, -0.25) is 0 Å². The Bertz CT molecular complexity index is 1360. The molecule has 7 nitrogen and oxygen atoms in total. The van der Waals surface area contributed by atoms with Gasteiger partial charge in [-0.25, -0.2) is 0 Å². The molecule has 4 heterocycles. The average Bonchev–Trinajstić information content (AvgIpc) is 3.18. The van der Waals surface area contributed by atoms with Crippen LogP contribution in [0, 0.1) is 0 Å². The molecule has 5 rings (SSSR count). The van der Waals surface area contributed by atoms with Crippen LogP contribution in [0.4, 0.5) is 0 Å². The molecule has 0 fully saturated rings. The normalized spacial score (nSPS) is 19.2. The van der Waals surface area contributed by atoms with E-state index in [1.165, 1.54) is 5.56 Å². The van der Waals surface area contributed by atoms with Gasteiger partial charge in [-0.15, -0.1) is 0 Å². The van der Waals surface area contributed by atoms with Crippen molar-refractivity contribution < 1.29 is 19.7 Å². The molecule has 2 aromatic heterocycles. The Morgan fingerprint density at radius 2 is 1.97 bits per heavy atom. The summed E-state index contributed by atoms with van der Waals surface area (Å²) in [5, 5.41) is 22.9. The average molecular weight is 509 g/mol. The fraction of sp³-hybridized carbons (Fsp3) is 0.400. The summed E-state index contributed by atoms with van der Waals surface area (Å²) >= 11 is -2.27. The van der Waals surface area contributed by atoms with Crippen LogP contribution < -0.4 is 5.56 Å². The third kappa shape index (κ3) is 3.36. The zero-order chi connectivity index (χ0) is 23.5. The van der Waals surface area contributed by atoms with E-state index in [1.54, 1.807) is 17.6 Å². The molecular formula is C25H28GeN2O5. The topological polar surface area (TPSA) is 102 Å². The number of fused-ring (bicyclic) bond motifs is 5. The molecule has 8 heteroatoms. The number of aromatic nitrogens is 2. The minimum absolute atomic E-state index is 0.119. The van der Waals surface area contributed by atoms with E-state index in [2.05, 4.69) is 17.6 Å². The standard InChI is InChI=1S/C25H28GeN2O5/c1-4-25(32)19-11-21-22-17(12-28(21)23(30)18(19)13-33-24(25)31)15(9-10-26(2,3)14-29)16-7-5-6-8-20(16)27-22/h5-8,11,29,32H,4,9-10,12-14H2,1-3H3/t25-/m0/s1. The quantitative estimate of drug-likeness (QED) is 0.317. The maximum absolute atomic E-state index is 13.5. The summed E-state index contributed by atoms with van der Waals surface area (Å²) in [6, 6.07) is 9.73. The summed E-state index contributed by atoms with van der Waals surface area (Å²) in [6.07, 6.45) is 0.940. The van der Waals surface area contributed by atoms with Gasteiger partial charge < -0.3 is 0 Å². The number of aliphatic hydroxyl groups is 2. The zero-order valence-electron chi connectivity index (χ0n) is 19.1. The zero-order valence-corrected chi connectivity index (χ0v) is 21.2. The molecular weight excluding hydrogens is 481 g/mol. The van der Waals surface area contributed by atoms with Crippen LogP contribution in [0.15, 0.2) is 35.1 Å². The van der Waals surface area contributed by atoms with Crippen LogP contribution in [0.2, 0.25) is 16.8 Å². The van der Waals surface area contributed by atoms with Crippen molar-refractivity contribution in [3.8, 4) is 11.4 Å². The van der Waals surface area contributed by atoms with Crippen LogP contribution in [0.25, 0.3) is 22.3 Å². The third-order valence-electron chi connectivity index (χ3n) is 7.19. The Morgan fingerprint density at radius 1 is 1.21 bits per heavy atom. The van der Waals surface area contributed by atoms with Gasteiger partial charge in [0.2, 0.25) is 0 Å². The summed E-state index contributed by atoms with van der Waals surface area (Å²) in [5.41, 5.74) is 3.26. The monoisotopic (exact) mass is 510 g/mol. The van der Waals surface area contributed by atoms with E-state index >= 15 is 0 Å². The number of cyclic esters (lactones) is 1. The number of aryl methyl sites for hydroxylation is 1. The molecule has 1 atom stereocenters. The number of ether oxygens (including phenoxy) is 1. The molecule has 2 aliphatic rings. The van der Waals surface area contributed by atoms with Crippen LogP contribution in [-0.4, -0.2) is 44.4 Å². The summed E-state index contributed by atoms with van der Waals surface area (Å²) in [4.78, 5) is 30.8. The van der Waals surface area contributed by atoms with Crippen molar-refractivity contribution in [2.45, 2.75) is 55.3 Å². The van der Waals surface area contributed by atoms with Gasteiger partial charge in [0.1, 0.15) is 0 Å². The number of para-hydroxylation sites is 1. The van der Waals surface area contributed by atoms with Crippen LogP contribution in [0.1, 0.15) is 35.6 Å². The first kappa shape index (κ1) is 22.3. The molecule has 33 heavy (non-hydrogen) atoms. The van der Waals surface area contributed by atoms with E-state index in [9.17, 15) is 19.8 Å². The van der Waals surface area contributed by atoms with E-state index in [-0.39, 0.29) is 24.0 Å². The van der Waals surface area contributed by atoms with Gasteiger partial charge in [0.05, 0.1) is 0 Å². The van der Waals surface area contributed by atoms with Crippen LogP contribution in [0.3, 0.4) is 0 Å². The molecule has 0 unspecified atom stereocenters. The van der Waals surface area contributed by atoms with Gasteiger partial charge >= 0.3 is 194 Å².